The number of furan rings is 1. The van der Waals surface area contributed by atoms with E-state index in [-0.39, 0.29) is 5.91 Å². The summed E-state index contributed by atoms with van der Waals surface area (Å²) < 4.78 is 5.04. The smallest absolute Gasteiger partial charge is 0.255 e. The maximum atomic E-state index is 11.6. The molecule has 5 nitrogen and oxygen atoms in total. The first kappa shape index (κ1) is 9.51. The number of hydrogen-bond acceptors (Lipinski definition) is 3. The highest BCUT2D eigenvalue weighted by atomic mass is 16.3. The molecule has 0 saturated carbocycles. The molecule has 2 aromatic heterocycles. The summed E-state index contributed by atoms with van der Waals surface area (Å²) in [5.41, 5.74) is 1.43. The van der Waals surface area contributed by atoms with Crippen molar-refractivity contribution >= 4 is 5.91 Å². The molecule has 0 aliphatic carbocycles. The Balaban J connectivity index is 1.96. The van der Waals surface area contributed by atoms with E-state index in [0.717, 1.165) is 5.69 Å². The quantitative estimate of drug-likeness (QED) is 0.791. The molecule has 0 radical (unpaired) electrons. The lowest BCUT2D eigenvalue weighted by atomic mass is 10.2. The lowest BCUT2D eigenvalue weighted by Crippen LogP contribution is -2.23. The maximum Gasteiger partial charge on any atom is 0.255 e. The molecule has 0 aromatic carbocycles. The average Bonchev–Trinajstić information content (AvgIpc) is 2.84. The third kappa shape index (κ3) is 2.07. The van der Waals surface area contributed by atoms with E-state index in [1.165, 1.54) is 6.26 Å². The molecule has 1 amide bonds. The van der Waals surface area contributed by atoms with Crippen LogP contribution in [-0.2, 0) is 6.54 Å². The fraction of sp³-hybridized carbons (Fsp3) is 0.200. The second kappa shape index (κ2) is 4.00. The first-order valence-electron chi connectivity index (χ1n) is 4.58. The van der Waals surface area contributed by atoms with Gasteiger partial charge in [0, 0.05) is 6.20 Å². The van der Waals surface area contributed by atoms with Crippen molar-refractivity contribution in [3.63, 3.8) is 0 Å². The minimum atomic E-state index is -0.143. The van der Waals surface area contributed by atoms with Gasteiger partial charge in [-0.2, -0.15) is 5.10 Å². The van der Waals surface area contributed by atoms with Crippen LogP contribution in [0.25, 0.3) is 0 Å². The number of rotatable bonds is 3. The second-order valence-corrected chi connectivity index (χ2v) is 3.16. The standard InChI is InChI=1S/C10H11N3O2/c1-7-9(3-5-15-7)10(14)11-6-8-2-4-12-13-8/h2-5H,6H2,1H3,(H,11,14)(H,12,13). The van der Waals surface area contributed by atoms with E-state index in [2.05, 4.69) is 15.5 Å². The summed E-state index contributed by atoms with van der Waals surface area (Å²) in [5.74, 6) is 0.480. The first-order chi connectivity index (χ1) is 7.27. The number of nitrogens with zero attached hydrogens (tertiary/aromatic N) is 1. The number of aryl methyl sites for hydroxylation is 1. The lowest BCUT2D eigenvalue weighted by molar-refractivity contribution is 0.0949. The van der Waals surface area contributed by atoms with E-state index < -0.39 is 0 Å². The van der Waals surface area contributed by atoms with E-state index in [4.69, 9.17) is 4.42 Å². The number of hydrogen-bond donors (Lipinski definition) is 2. The number of aromatic nitrogens is 2. The summed E-state index contributed by atoms with van der Waals surface area (Å²) >= 11 is 0. The number of aromatic amines is 1. The van der Waals surface area contributed by atoms with Crippen molar-refractivity contribution in [1.82, 2.24) is 15.5 Å². The number of carbonyl (C=O) groups is 1. The number of carbonyl (C=O) groups excluding carboxylic acids is 1. The van der Waals surface area contributed by atoms with Crippen molar-refractivity contribution < 1.29 is 9.21 Å². The van der Waals surface area contributed by atoms with Crippen LogP contribution >= 0.6 is 0 Å². The van der Waals surface area contributed by atoms with Gasteiger partial charge in [-0.25, -0.2) is 0 Å². The molecule has 0 atom stereocenters. The van der Waals surface area contributed by atoms with Gasteiger partial charge in [-0.15, -0.1) is 0 Å². The van der Waals surface area contributed by atoms with Gasteiger partial charge < -0.3 is 9.73 Å². The van der Waals surface area contributed by atoms with E-state index >= 15 is 0 Å². The normalized spacial score (nSPS) is 10.2. The molecule has 0 aliphatic rings. The van der Waals surface area contributed by atoms with Gasteiger partial charge in [-0.1, -0.05) is 0 Å². The van der Waals surface area contributed by atoms with Gasteiger partial charge in [0.25, 0.3) is 5.91 Å². The fourth-order valence-corrected chi connectivity index (χ4v) is 1.27. The molecule has 15 heavy (non-hydrogen) atoms. The summed E-state index contributed by atoms with van der Waals surface area (Å²) in [4.78, 5) is 11.6. The van der Waals surface area contributed by atoms with Crippen LogP contribution in [0.4, 0.5) is 0 Å². The van der Waals surface area contributed by atoms with Crippen LogP contribution in [0.5, 0.6) is 0 Å². The first-order valence-corrected chi connectivity index (χ1v) is 4.58. The van der Waals surface area contributed by atoms with Gasteiger partial charge in [-0.3, -0.25) is 9.89 Å². The molecule has 2 N–H and O–H groups in total. The van der Waals surface area contributed by atoms with E-state index in [9.17, 15) is 4.79 Å². The van der Waals surface area contributed by atoms with Crippen LogP contribution < -0.4 is 5.32 Å². The van der Waals surface area contributed by atoms with Crippen molar-refractivity contribution in [2.75, 3.05) is 0 Å². The van der Waals surface area contributed by atoms with Crippen molar-refractivity contribution in [3.05, 3.63) is 41.6 Å². The van der Waals surface area contributed by atoms with Crippen LogP contribution in [0.15, 0.2) is 29.0 Å². The van der Waals surface area contributed by atoms with Gasteiger partial charge in [0.05, 0.1) is 24.1 Å². The lowest BCUT2D eigenvalue weighted by Gasteiger charge is -2.01. The van der Waals surface area contributed by atoms with Crippen LogP contribution in [0, 0.1) is 6.92 Å². The fourth-order valence-electron chi connectivity index (χ4n) is 1.27. The summed E-state index contributed by atoms with van der Waals surface area (Å²) in [6.45, 7) is 2.19. The van der Waals surface area contributed by atoms with Gasteiger partial charge in [0.2, 0.25) is 0 Å². The summed E-state index contributed by atoms with van der Waals surface area (Å²) in [7, 11) is 0. The monoisotopic (exact) mass is 205 g/mol. The molecule has 0 spiro atoms. The van der Waals surface area contributed by atoms with Crippen LogP contribution in [0.2, 0.25) is 0 Å². The SMILES string of the molecule is Cc1occc1C(=O)NCc1ccn[nH]1. The Labute approximate surface area is 86.5 Å². The Morgan fingerprint density at radius 2 is 2.47 bits per heavy atom. The topological polar surface area (TPSA) is 70.9 Å². The maximum absolute atomic E-state index is 11.6. The Morgan fingerprint density at radius 1 is 1.60 bits per heavy atom. The van der Waals surface area contributed by atoms with Crippen molar-refractivity contribution in [3.8, 4) is 0 Å². The minimum Gasteiger partial charge on any atom is -0.469 e. The number of H-pyrrole nitrogens is 1. The highest BCUT2D eigenvalue weighted by Crippen LogP contribution is 2.08. The van der Waals surface area contributed by atoms with Crippen molar-refractivity contribution in [1.29, 1.82) is 0 Å². The van der Waals surface area contributed by atoms with Crippen LogP contribution in [0.3, 0.4) is 0 Å². The molecule has 0 unspecified atom stereocenters. The Bertz CT molecular complexity index is 445. The number of nitrogens with one attached hydrogen (secondary N) is 2. The molecule has 0 fully saturated rings. The summed E-state index contributed by atoms with van der Waals surface area (Å²) in [5, 5.41) is 9.31. The Kier molecular flexibility index (Phi) is 2.53. The van der Waals surface area contributed by atoms with Gasteiger partial charge in [0.15, 0.2) is 0 Å². The van der Waals surface area contributed by atoms with Gasteiger partial charge in [0.1, 0.15) is 5.76 Å². The number of amides is 1. The van der Waals surface area contributed by atoms with Crippen LogP contribution in [0.1, 0.15) is 21.8 Å². The van der Waals surface area contributed by atoms with E-state index in [0.29, 0.717) is 17.9 Å². The molecular weight excluding hydrogens is 194 g/mol. The molecule has 0 bridgehead atoms. The average molecular weight is 205 g/mol. The molecule has 0 saturated heterocycles. The molecule has 2 aromatic rings. The highest BCUT2D eigenvalue weighted by Gasteiger charge is 2.10. The van der Waals surface area contributed by atoms with Crippen LogP contribution in [-0.4, -0.2) is 16.1 Å². The third-order valence-electron chi connectivity index (χ3n) is 2.10. The second-order valence-electron chi connectivity index (χ2n) is 3.16. The summed E-state index contributed by atoms with van der Waals surface area (Å²) in [6.07, 6.45) is 3.14. The minimum absolute atomic E-state index is 0.143. The molecule has 2 rings (SSSR count). The van der Waals surface area contributed by atoms with E-state index in [1.807, 2.05) is 6.07 Å². The predicted molar refractivity (Wildman–Crippen MR) is 53.2 cm³/mol. The Morgan fingerprint density at radius 3 is 3.07 bits per heavy atom. The largest absolute Gasteiger partial charge is 0.469 e. The predicted octanol–water partition coefficient (Wildman–Crippen LogP) is 1.24. The molecular formula is C10H11N3O2. The van der Waals surface area contributed by atoms with Crippen molar-refractivity contribution in [2.24, 2.45) is 0 Å². The zero-order valence-electron chi connectivity index (χ0n) is 8.28. The van der Waals surface area contributed by atoms with E-state index in [1.54, 1.807) is 19.2 Å². The molecule has 78 valence electrons. The van der Waals surface area contributed by atoms with Gasteiger partial charge >= 0.3 is 0 Å². The van der Waals surface area contributed by atoms with Gasteiger partial charge in [-0.05, 0) is 19.1 Å². The zero-order valence-corrected chi connectivity index (χ0v) is 8.28. The zero-order chi connectivity index (χ0) is 10.7. The third-order valence-corrected chi connectivity index (χ3v) is 2.10. The molecule has 2 heterocycles. The molecule has 0 aliphatic heterocycles. The summed E-state index contributed by atoms with van der Waals surface area (Å²) in [6, 6.07) is 3.46. The Hall–Kier alpha value is -2.04. The van der Waals surface area contributed by atoms with Crippen molar-refractivity contribution in [2.45, 2.75) is 13.5 Å². The highest BCUT2D eigenvalue weighted by molar-refractivity contribution is 5.94. The molecule has 5 heteroatoms.